The minimum Gasteiger partial charge on any atom is -0.465 e. The fourth-order valence-corrected chi connectivity index (χ4v) is 7.34. The van der Waals surface area contributed by atoms with Crippen molar-refractivity contribution in [3.63, 3.8) is 0 Å². The maximum atomic E-state index is 13.3. The van der Waals surface area contributed by atoms with Crippen LogP contribution in [-0.4, -0.2) is 65.0 Å². The van der Waals surface area contributed by atoms with Crippen molar-refractivity contribution in [1.82, 2.24) is 25.4 Å². The van der Waals surface area contributed by atoms with Gasteiger partial charge in [-0.25, -0.2) is 4.79 Å². The van der Waals surface area contributed by atoms with E-state index >= 15 is 0 Å². The molecule has 1 aliphatic rings. The number of hydrogen-bond acceptors (Lipinski definition) is 10. The predicted octanol–water partition coefficient (Wildman–Crippen LogP) is 5.87. The lowest BCUT2D eigenvalue weighted by Gasteiger charge is -2.13. The number of nitrogens with zero attached hydrogens (tertiary/aromatic N) is 4. The van der Waals surface area contributed by atoms with Crippen LogP contribution in [-0.2, 0) is 9.53 Å². The number of furan rings is 1. The number of thiophene rings is 1. The highest BCUT2D eigenvalue weighted by Crippen LogP contribution is 2.39. The Morgan fingerprint density at radius 2 is 1.74 bits per heavy atom. The van der Waals surface area contributed by atoms with Crippen molar-refractivity contribution in [3.05, 3.63) is 110 Å². The number of aliphatic imine (C=N–C) groups is 1. The third kappa shape index (κ3) is 8.10. The maximum absolute atomic E-state index is 13.3. The number of halogens is 1. The standard InChI is InChI=1S/C39H38ClN7O5S/c1-22-23(2)53-38-34(22)35(25-9-12-28(40)13-10-25)44-30(36-46-45-24(3)47(36)38)21-33(48)42-18-5-6-19-43-37(49)32-16-15-31(52-32)27-11-14-29(39(50)51-4)26(20-27)8-7-17-41/h9-16,20,30H,5-6,17-19,21,41H2,1-4H3,(H,42,48)(H,43,49)/t30-/m0/s1. The molecule has 6 rings (SSSR count). The first-order chi connectivity index (χ1) is 25.6. The Morgan fingerprint density at radius 3 is 2.47 bits per heavy atom. The zero-order chi connectivity index (χ0) is 37.6. The molecule has 0 fully saturated rings. The van der Waals surface area contributed by atoms with Crippen molar-refractivity contribution in [3.8, 4) is 28.2 Å². The van der Waals surface area contributed by atoms with Crippen LogP contribution in [0, 0.1) is 32.6 Å². The normalized spacial score (nSPS) is 13.2. The lowest BCUT2D eigenvalue weighted by Crippen LogP contribution is -2.28. The fraction of sp³-hybridized carbons (Fsp3) is 0.282. The van der Waals surface area contributed by atoms with Gasteiger partial charge in [0.2, 0.25) is 5.91 Å². The van der Waals surface area contributed by atoms with E-state index in [1.807, 2.05) is 35.8 Å². The molecule has 14 heteroatoms. The van der Waals surface area contributed by atoms with E-state index in [1.165, 1.54) is 12.0 Å². The Morgan fingerprint density at radius 1 is 1.00 bits per heavy atom. The summed E-state index contributed by atoms with van der Waals surface area (Å²) < 4.78 is 12.7. The number of aromatic nitrogens is 3. The number of aryl methyl sites for hydroxylation is 2. The van der Waals surface area contributed by atoms with Gasteiger partial charge in [-0.1, -0.05) is 41.6 Å². The Balaban J connectivity index is 1.04. The molecule has 0 radical (unpaired) electrons. The van der Waals surface area contributed by atoms with Gasteiger partial charge in [-0.05, 0) is 75.6 Å². The number of esters is 1. The van der Waals surface area contributed by atoms with Gasteiger partial charge in [-0.3, -0.25) is 19.1 Å². The van der Waals surface area contributed by atoms with E-state index < -0.39 is 12.0 Å². The number of fused-ring (bicyclic) bond motifs is 3. The number of nitrogens with one attached hydrogen (secondary N) is 2. The Labute approximate surface area is 315 Å². The van der Waals surface area contributed by atoms with Gasteiger partial charge >= 0.3 is 5.97 Å². The van der Waals surface area contributed by atoms with Gasteiger partial charge in [-0.2, -0.15) is 0 Å². The van der Waals surface area contributed by atoms with Crippen molar-refractivity contribution in [1.29, 1.82) is 0 Å². The molecular weight excluding hydrogens is 714 g/mol. The van der Waals surface area contributed by atoms with Crippen molar-refractivity contribution in [2.45, 2.75) is 46.1 Å². The van der Waals surface area contributed by atoms with Crippen LogP contribution >= 0.6 is 22.9 Å². The van der Waals surface area contributed by atoms with E-state index in [0.29, 0.717) is 59.2 Å². The number of hydrogen-bond donors (Lipinski definition) is 3. The largest absolute Gasteiger partial charge is 0.465 e. The lowest BCUT2D eigenvalue weighted by molar-refractivity contribution is -0.121. The molecule has 0 saturated heterocycles. The molecule has 5 aromatic rings. The smallest absolute Gasteiger partial charge is 0.339 e. The number of rotatable bonds is 11. The Bertz CT molecular complexity index is 2280. The Hall–Kier alpha value is -5.55. The van der Waals surface area contributed by atoms with Crippen molar-refractivity contribution < 1.29 is 23.5 Å². The summed E-state index contributed by atoms with van der Waals surface area (Å²) in [5.41, 5.74) is 10.7. The number of carbonyl (C=O) groups excluding carboxylic acids is 3. The van der Waals surface area contributed by atoms with Crippen molar-refractivity contribution in [2.24, 2.45) is 10.7 Å². The molecule has 2 amide bonds. The predicted molar refractivity (Wildman–Crippen MR) is 204 cm³/mol. The van der Waals surface area contributed by atoms with Gasteiger partial charge in [0.05, 0.1) is 31.4 Å². The van der Waals surface area contributed by atoms with Crippen LogP contribution in [0.2, 0.25) is 5.02 Å². The highest BCUT2D eigenvalue weighted by Gasteiger charge is 2.32. The molecule has 0 saturated carbocycles. The second-order valence-corrected chi connectivity index (χ2v) is 14.0. The quantitative estimate of drug-likeness (QED) is 0.0856. The summed E-state index contributed by atoms with van der Waals surface area (Å²) in [4.78, 5) is 44.6. The first kappa shape index (κ1) is 37.2. The molecule has 2 aromatic carbocycles. The average Bonchev–Trinajstić information content (AvgIpc) is 3.85. The average molecular weight is 752 g/mol. The monoisotopic (exact) mass is 751 g/mol. The van der Waals surface area contributed by atoms with Gasteiger partial charge in [0.25, 0.3) is 5.91 Å². The number of benzene rings is 2. The molecule has 0 aliphatic carbocycles. The van der Waals surface area contributed by atoms with Crippen LogP contribution in [0.3, 0.4) is 0 Å². The third-order valence-corrected chi connectivity index (χ3v) is 10.3. The molecule has 1 atom stereocenters. The van der Waals surface area contributed by atoms with E-state index in [2.05, 4.69) is 46.5 Å². The number of ether oxygens (including phenoxy) is 1. The van der Waals surface area contributed by atoms with Gasteiger partial charge in [0.1, 0.15) is 22.6 Å². The molecular formula is C39H38ClN7O5S. The van der Waals surface area contributed by atoms with Crippen LogP contribution in [0.1, 0.15) is 85.0 Å². The molecule has 0 spiro atoms. The summed E-state index contributed by atoms with van der Waals surface area (Å²) in [6.45, 7) is 7.02. The number of methoxy groups -OCH3 is 1. The fourth-order valence-electron chi connectivity index (χ4n) is 6.00. The summed E-state index contributed by atoms with van der Waals surface area (Å²) in [7, 11) is 1.30. The van der Waals surface area contributed by atoms with Crippen LogP contribution in [0.4, 0.5) is 0 Å². The second-order valence-electron chi connectivity index (χ2n) is 12.3. The van der Waals surface area contributed by atoms with Crippen LogP contribution in [0.15, 0.2) is 64.0 Å². The number of unbranched alkanes of at least 4 members (excludes halogenated alkanes) is 1. The minimum absolute atomic E-state index is 0.0895. The lowest BCUT2D eigenvalue weighted by atomic mass is 9.99. The number of nitrogens with two attached hydrogens (primary N) is 1. The van der Waals surface area contributed by atoms with Gasteiger partial charge in [-0.15, -0.1) is 21.5 Å². The zero-order valence-corrected chi connectivity index (χ0v) is 31.3. The third-order valence-electron chi connectivity index (χ3n) is 8.81. The zero-order valence-electron chi connectivity index (χ0n) is 29.7. The highest BCUT2D eigenvalue weighted by molar-refractivity contribution is 7.15. The summed E-state index contributed by atoms with van der Waals surface area (Å²) in [6.07, 6.45) is 1.36. The molecule has 12 nitrogen and oxygen atoms in total. The van der Waals surface area contributed by atoms with E-state index in [-0.39, 0.29) is 30.5 Å². The highest BCUT2D eigenvalue weighted by atomic mass is 35.5. The second kappa shape index (κ2) is 16.4. The molecule has 4 heterocycles. The molecule has 1 aliphatic heterocycles. The number of amides is 2. The molecule has 4 N–H and O–H groups in total. The molecule has 272 valence electrons. The molecule has 0 unspecified atom stereocenters. The van der Waals surface area contributed by atoms with E-state index in [0.717, 1.165) is 33.2 Å². The molecule has 0 bridgehead atoms. The minimum atomic E-state index is -0.560. The summed E-state index contributed by atoms with van der Waals surface area (Å²) in [5.74, 6) is 6.52. The Kier molecular flexibility index (Phi) is 11.5. The van der Waals surface area contributed by atoms with Gasteiger partial charge in [0.15, 0.2) is 11.6 Å². The molecule has 53 heavy (non-hydrogen) atoms. The summed E-state index contributed by atoms with van der Waals surface area (Å²) in [6, 6.07) is 15.3. The SMILES string of the molecule is COC(=O)c1ccc(-c2ccc(C(=O)NCCCCNC(=O)C[C@@H]3N=C(c4ccc(Cl)cc4)c4c(sc(C)c4C)-n4c(C)nnc43)o2)cc1C#CCN. The van der Waals surface area contributed by atoms with Crippen LogP contribution in [0.5, 0.6) is 0 Å². The first-order valence-corrected chi connectivity index (χ1v) is 18.2. The van der Waals surface area contributed by atoms with Crippen LogP contribution in [0.25, 0.3) is 16.3 Å². The maximum Gasteiger partial charge on any atom is 0.339 e. The van der Waals surface area contributed by atoms with Crippen molar-refractivity contribution >= 4 is 46.4 Å². The summed E-state index contributed by atoms with van der Waals surface area (Å²) >= 11 is 7.87. The van der Waals surface area contributed by atoms with Crippen LogP contribution < -0.4 is 16.4 Å². The van der Waals surface area contributed by atoms with Gasteiger partial charge in [0, 0.05) is 45.2 Å². The van der Waals surface area contributed by atoms with Crippen molar-refractivity contribution in [2.75, 3.05) is 26.7 Å². The molecule has 3 aromatic heterocycles. The topological polar surface area (TPSA) is 167 Å². The van der Waals surface area contributed by atoms with E-state index in [9.17, 15) is 14.4 Å². The van der Waals surface area contributed by atoms with E-state index in [4.69, 9.17) is 31.5 Å². The van der Waals surface area contributed by atoms with Gasteiger partial charge < -0.3 is 25.5 Å². The first-order valence-electron chi connectivity index (χ1n) is 17.0. The van der Waals surface area contributed by atoms with E-state index in [1.54, 1.807) is 41.7 Å². The summed E-state index contributed by atoms with van der Waals surface area (Å²) in [5, 5.41) is 16.3. The number of carbonyl (C=O) groups is 3.